The molecule has 134 valence electrons. The van der Waals surface area contributed by atoms with Crippen LogP contribution < -0.4 is 9.62 Å². The maximum Gasteiger partial charge on any atom is 0.245 e. The number of carbonyl (C=O) groups is 1. The maximum atomic E-state index is 12.4. The minimum absolute atomic E-state index is 0.328. The van der Waals surface area contributed by atoms with E-state index in [-0.39, 0.29) is 6.54 Å². The number of sulfonamides is 1. The number of benzene rings is 2. The fourth-order valence-corrected chi connectivity index (χ4v) is 3.52. The Morgan fingerprint density at radius 3 is 2.52 bits per heavy atom. The number of aryl methyl sites for hydroxylation is 1. The van der Waals surface area contributed by atoms with Gasteiger partial charge in [0.1, 0.15) is 6.54 Å². The van der Waals surface area contributed by atoms with Crippen LogP contribution in [0.4, 0.5) is 11.4 Å². The first-order valence-electron chi connectivity index (χ1n) is 7.38. The first-order valence-corrected chi connectivity index (χ1v) is 10.4. The van der Waals surface area contributed by atoms with E-state index in [0.29, 0.717) is 16.4 Å². The normalized spacial score (nSPS) is 11.2. The van der Waals surface area contributed by atoms with E-state index in [9.17, 15) is 13.2 Å². The highest BCUT2D eigenvalue weighted by Crippen LogP contribution is 2.26. The van der Waals surface area contributed by atoms with Crippen LogP contribution >= 0.6 is 27.5 Å². The third-order valence-electron chi connectivity index (χ3n) is 3.66. The van der Waals surface area contributed by atoms with Gasteiger partial charge in [-0.2, -0.15) is 0 Å². The molecular weight excluding hydrogens is 428 g/mol. The summed E-state index contributed by atoms with van der Waals surface area (Å²) in [7, 11) is -3.62. The number of hydrogen-bond donors (Lipinski definition) is 1. The number of halogens is 2. The van der Waals surface area contributed by atoms with Gasteiger partial charge in [0.2, 0.25) is 15.9 Å². The molecule has 0 atom stereocenters. The molecule has 1 N–H and O–H groups in total. The van der Waals surface area contributed by atoms with Crippen molar-refractivity contribution in [1.29, 1.82) is 0 Å². The van der Waals surface area contributed by atoms with E-state index in [2.05, 4.69) is 21.2 Å². The van der Waals surface area contributed by atoms with Crippen molar-refractivity contribution in [2.75, 3.05) is 22.4 Å². The van der Waals surface area contributed by atoms with Crippen LogP contribution in [0.25, 0.3) is 0 Å². The molecule has 0 aliphatic carbocycles. The number of anilines is 2. The van der Waals surface area contributed by atoms with E-state index in [0.717, 1.165) is 26.2 Å². The van der Waals surface area contributed by atoms with Crippen molar-refractivity contribution < 1.29 is 13.2 Å². The Morgan fingerprint density at radius 1 is 1.24 bits per heavy atom. The Hall–Kier alpha value is -1.57. The van der Waals surface area contributed by atoms with Gasteiger partial charge < -0.3 is 5.32 Å². The Balaban J connectivity index is 2.27. The van der Waals surface area contributed by atoms with E-state index >= 15 is 0 Å². The van der Waals surface area contributed by atoms with Crippen molar-refractivity contribution >= 4 is 54.8 Å². The van der Waals surface area contributed by atoms with Gasteiger partial charge in [0.05, 0.1) is 11.9 Å². The van der Waals surface area contributed by atoms with Crippen LogP contribution in [0.5, 0.6) is 0 Å². The number of amides is 1. The average Bonchev–Trinajstić information content (AvgIpc) is 2.51. The molecule has 2 rings (SSSR count). The second-order valence-electron chi connectivity index (χ2n) is 5.66. The Labute approximate surface area is 161 Å². The van der Waals surface area contributed by atoms with Crippen molar-refractivity contribution in [3.05, 3.63) is 57.0 Å². The summed E-state index contributed by atoms with van der Waals surface area (Å²) in [4.78, 5) is 12.4. The average molecular weight is 446 g/mol. The van der Waals surface area contributed by atoms with Gasteiger partial charge in [-0.05, 0) is 55.3 Å². The van der Waals surface area contributed by atoms with Crippen LogP contribution in [0.15, 0.2) is 40.9 Å². The molecule has 0 aromatic heterocycles. The number of rotatable bonds is 5. The first-order chi connectivity index (χ1) is 11.6. The summed E-state index contributed by atoms with van der Waals surface area (Å²) in [6, 6.07) is 10.3. The molecule has 25 heavy (non-hydrogen) atoms. The lowest BCUT2D eigenvalue weighted by molar-refractivity contribution is -0.114. The molecule has 1 amide bonds. The van der Waals surface area contributed by atoms with Crippen LogP contribution in [0.2, 0.25) is 5.02 Å². The Kier molecular flexibility index (Phi) is 6.13. The molecule has 0 aliphatic heterocycles. The van der Waals surface area contributed by atoms with Gasteiger partial charge in [-0.15, -0.1) is 0 Å². The number of nitrogens with one attached hydrogen (secondary N) is 1. The van der Waals surface area contributed by atoms with E-state index in [4.69, 9.17) is 11.6 Å². The molecule has 0 aliphatic rings. The largest absolute Gasteiger partial charge is 0.324 e. The molecule has 0 radical (unpaired) electrons. The smallest absolute Gasteiger partial charge is 0.245 e. The maximum absolute atomic E-state index is 12.4. The predicted molar refractivity (Wildman–Crippen MR) is 106 cm³/mol. The zero-order valence-corrected chi connectivity index (χ0v) is 17.2. The highest BCUT2D eigenvalue weighted by Gasteiger charge is 2.21. The molecule has 0 unspecified atom stereocenters. The van der Waals surface area contributed by atoms with Crippen molar-refractivity contribution in [1.82, 2.24) is 0 Å². The number of carbonyl (C=O) groups excluding carboxylic acids is 1. The quantitative estimate of drug-likeness (QED) is 0.752. The van der Waals surface area contributed by atoms with Crippen LogP contribution in [-0.4, -0.2) is 27.1 Å². The van der Waals surface area contributed by atoms with Gasteiger partial charge in [0.25, 0.3) is 0 Å². The molecule has 0 saturated carbocycles. The monoisotopic (exact) mass is 444 g/mol. The summed E-state index contributed by atoms with van der Waals surface area (Å²) in [6.45, 7) is 3.31. The van der Waals surface area contributed by atoms with Crippen molar-refractivity contribution in [2.45, 2.75) is 13.8 Å². The molecule has 2 aromatic carbocycles. The van der Waals surface area contributed by atoms with Crippen LogP contribution in [-0.2, 0) is 14.8 Å². The minimum Gasteiger partial charge on any atom is -0.324 e. The van der Waals surface area contributed by atoms with E-state index in [1.807, 2.05) is 6.92 Å². The number of hydrogen-bond acceptors (Lipinski definition) is 3. The first kappa shape index (κ1) is 19.8. The number of nitrogens with zero attached hydrogens (tertiary/aromatic N) is 1. The van der Waals surface area contributed by atoms with Crippen LogP contribution in [0, 0.1) is 13.8 Å². The topological polar surface area (TPSA) is 66.5 Å². The molecular formula is C17H18BrClN2O3S. The van der Waals surface area contributed by atoms with Crippen LogP contribution in [0.1, 0.15) is 11.1 Å². The highest BCUT2D eigenvalue weighted by molar-refractivity contribution is 9.10. The van der Waals surface area contributed by atoms with Gasteiger partial charge in [0.15, 0.2) is 0 Å². The van der Waals surface area contributed by atoms with Gasteiger partial charge in [0, 0.05) is 15.2 Å². The second kappa shape index (κ2) is 7.76. The standard InChI is InChI=1S/C17H18BrClN2O3S/c1-11-9-13(7-8-14(11)18)21(25(3,23)24)10-17(22)20-16-6-4-5-15(19)12(16)2/h4-9H,10H2,1-3H3,(H,20,22). The van der Waals surface area contributed by atoms with Gasteiger partial charge in [-0.25, -0.2) is 8.42 Å². The van der Waals surface area contributed by atoms with Gasteiger partial charge in [-0.1, -0.05) is 33.6 Å². The molecule has 0 bridgehead atoms. The zero-order valence-electron chi connectivity index (χ0n) is 14.0. The minimum atomic E-state index is -3.62. The Bertz CT molecular complexity index is 916. The van der Waals surface area contributed by atoms with E-state index in [1.165, 1.54) is 0 Å². The van der Waals surface area contributed by atoms with Crippen molar-refractivity contribution in [3.8, 4) is 0 Å². The van der Waals surface area contributed by atoms with Gasteiger partial charge in [-0.3, -0.25) is 9.10 Å². The molecule has 8 heteroatoms. The summed E-state index contributed by atoms with van der Waals surface area (Å²) >= 11 is 9.42. The SMILES string of the molecule is Cc1cc(N(CC(=O)Nc2cccc(Cl)c2C)S(C)(=O)=O)ccc1Br. The summed E-state index contributed by atoms with van der Waals surface area (Å²) in [5.41, 5.74) is 2.58. The summed E-state index contributed by atoms with van der Waals surface area (Å²) in [5.74, 6) is -0.448. The highest BCUT2D eigenvalue weighted by atomic mass is 79.9. The Morgan fingerprint density at radius 2 is 1.92 bits per heavy atom. The van der Waals surface area contributed by atoms with E-state index < -0.39 is 15.9 Å². The molecule has 0 fully saturated rings. The van der Waals surface area contributed by atoms with Gasteiger partial charge >= 0.3 is 0 Å². The third-order valence-corrected chi connectivity index (χ3v) is 6.10. The fraction of sp³-hybridized carbons (Fsp3) is 0.235. The molecule has 0 spiro atoms. The lowest BCUT2D eigenvalue weighted by atomic mass is 10.2. The predicted octanol–water partition coefficient (Wildman–Crippen LogP) is 4.12. The second-order valence-corrected chi connectivity index (χ2v) is 8.83. The molecule has 5 nitrogen and oxygen atoms in total. The summed E-state index contributed by atoms with van der Waals surface area (Å²) < 4.78 is 26.2. The van der Waals surface area contributed by atoms with Crippen molar-refractivity contribution in [2.24, 2.45) is 0 Å². The third kappa shape index (κ3) is 4.96. The zero-order chi connectivity index (χ0) is 18.8. The summed E-state index contributed by atoms with van der Waals surface area (Å²) in [6.07, 6.45) is 1.07. The summed E-state index contributed by atoms with van der Waals surface area (Å²) in [5, 5.41) is 3.24. The molecule has 0 saturated heterocycles. The van der Waals surface area contributed by atoms with Crippen molar-refractivity contribution in [3.63, 3.8) is 0 Å². The van der Waals surface area contributed by atoms with Crippen LogP contribution in [0.3, 0.4) is 0 Å². The van der Waals surface area contributed by atoms with E-state index in [1.54, 1.807) is 43.3 Å². The lowest BCUT2D eigenvalue weighted by Crippen LogP contribution is -2.37. The molecule has 2 aromatic rings. The lowest BCUT2D eigenvalue weighted by Gasteiger charge is -2.23. The molecule has 0 heterocycles. The fourth-order valence-electron chi connectivity index (χ4n) is 2.25.